The average molecular weight is 305 g/mol. The number of hydrogen-bond acceptors (Lipinski definition) is 3. The Bertz CT molecular complexity index is 629. The van der Waals surface area contributed by atoms with Crippen LogP contribution in [0.5, 0.6) is 5.75 Å². The summed E-state index contributed by atoms with van der Waals surface area (Å²) in [6.07, 6.45) is 0. The van der Waals surface area contributed by atoms with E-state index >= 15 is 0 Å². The predicted molar refractivity (Wildman–Crippen MR) is 84.6 cm³/mol. The van der Waals surface area contributed by atoms with Gasteiger partial charge in [0.25, 0.3) is 5.91 Å². The lowest BCUT2D eigenvalue weighted by atomic mass is 10.1. The highest BCUT2D eigenvalue weighted by molar-refractivity contribution is 6.30. The summed E-state index contributed by atoms with van der Waals surface area (Å²) in [6.45, 7) is 1.82. The number of nitrogens with one attached hydrogen (secondary N) is 1. The molecule has 0 aliphatic heterocycles. The zero-order valence-corrected chi connectivity index (χ0v) is 12.4. The predicted octanol–water partition coefficient (Wildman–Crippen LogP) is 3.38. The molecule has 0 aliphatic carbocycles. The molecule has 0 aromatic heterocycles. The Morgan fingerprint density at radius 1 is 1.29 bits per heavy atom. The van der Waals surface area contributed by atoms with Gasteiger partial charge in [-0.1, -0.05) is 29.8 Å². The van der Waals surface area contributed by atoms with Gasteiger partial charge in [0.2, 0.25) is 0 Å². The number of halogens is 1. The molecule has 0 radical (unpaired) electrons. The van der Waals surface area contributed by atoms with E-state index < -0.39 is 0 Å². The van der Waals surface area contributed by atoms with Gasteiger partial charge in [-0.3, -0.25) is 4.79 Å². The number of hydrogen-bond donors (Lipinski definition) is 2. The zero-order chi connectivity index (χ0) is 15.2. The van der Waals surface area contributed by atoms with Gasteiger partial charge in [-0.2, -0.15) is 0 Å². The van der Waals surface area contributed by atoms with E-state index in [1.54, 1.807) is 30.3 Å². The minimum atomic E-state index is -0.247. The quantitative estimate of drug-likeness (QED) is 0.890. The first-order valence-electron chi connectivity index (χ1n) is 6.58. The van der Waals surface area contributed by atoms with E-state index in [1.165, 1.54) is 0 Å². The monoisotopic (exact) mass is 304 g/mol. The Hall–Kier alpha value is -2.04. The van der Waals surface area contributed by atoms with Crippen LogP contribution in [0.3, 0.4) is 0 Å². The fourth-order valence-electron chi connectivity index (χ4n) is 1.80. The molecule has 0 fully saturated rings. The summed E-state index contributed by atoms with van der Waals surface area (Å²) in [7, 11) is 0. The van der Waals surface area contributed by atoms with Crippen LogP contribution >= 0.6 is 11.6 Å². The topological polar surface area (TPSA) is 64.3 Å². The first-order chi connectivity index (χ1) is 10.0. The fourth-order valence-corrected chi connectivity index (χ4v) is 1.99. The Balaban J connectivity index is 1.90. The van der Waals surface area contributed by atoms with Gasteiger partial charge in [0.1, 0.15) is 5.75 Å². The summed E-state index contributed by atoms with van der Waals surface area (Å²) in [5.41, 5.74) is 7.41. The number of carbonyl (C=O) groups excluding carboxylic acids is 1. The minimum absolute atomic E-state index is 0.0745. The molecule has 5 heteroatoms. The van der Waals surface area contributed by atoms with Crippen molar-refractivity contribution < 1.29 is 9.53 Å². The third-order valence-corrected chi connectivity index (χ3v) is 3.10. The van der Waals surface area contributed by atoms with Gasteiger partial charge in [0.05, 0.1) is 0 Å². The summed E-state index contributed by atoms with van der Waals surface area (Å²) in [4.78, 5) is 11.8. The van der Waals surface area contributed by atoms with Crippen LogP contribution in [0, 0.1) is 0 Å². The maximum Gasteiger partial charge on any atom is 0.262 e. The molecule has 4 nitrogen and oxygen atoms in total. The second-order valence-electron chi connectivity index (χ2n) is 4.71. The van der Waals surface area contributed by atoms with Gasteiger partial charge in [-0.15, -0.1) is 0 Å². The van der Waals surface area contributed by atoms with Crippen LogP contribution in [0.2, 0.25) is 5.02 Å². The molecule has 0 bridgehead atoms. The van der Waals surface area contributed by atoms with E-state index in [4.69, 9.17) is 22.1 Å². The van der Waals surface area contributed by atoms with Crippen molar-refractivity contribution in [2.45, 2.75) is 13.0 Å². The van der Waals surface area contributed by atoms with Gasteiger partial charge in [-0.05, 0) is 42.8 Å². The summed E-state index contributed by atoms with van der Waals surface area (Å²) in [5, 5.41) is 3.29. The molecule has 2 aromatic rings. The highest BCUT2D eigenvalue weighted by Gasteiger charge is 2.06. The molecular weight excluding hydrogens is 288 g/mol. The van der Waals surface area contributed by atoms with Crippen molar-refractivity contribution in [3.05, 3.63) is 59.1 Å². The van der Waals surface area contributed by atoms with Crippen molar-refractivity contribution in [2.24, 2.45) is 5.73 Å². The smallest absolute Gasteiger partial charge is 0.262 e. The Morgan fingerprint density at radius 2 is 2.05 bits per heavy atom. The summed E-state index contributed by atoms with van der Waals surface area (Å²) >= 11 is 5.85. The number of nitrogens with two attached hydrogens (primary N) is 1. The van der Waals surface area contributed by atoms with Gasteiger partial charge in [-0.25, -0.2) is 0 Å². The van der Waals surface area contributed by atoms with Gasteiger partial charge in [0.15, 0.2) is 6.61 Å². The van der Waals surface area contributed by atoms with E-state index in [9.17, 15) is 4.79 Å². The number of amides is 1. The Morgan fingerprint density at radius 3 is 2.76 bits per heavy atom. The maximum atomic E-state index is 11.8. The van der Waals surface area contributed by atoms with Crippen LogP contribution < -0.4 is 15.8 Å². The second-order valence-corrected chi connectivity index (χ2v) is 5.14. The van der Waals surface area contributed by atoms with Gasteiger partial charge in [0, 0.05) is 16.8 Å². The normalized spacial score (nSPS) is 11.8. The Kier molecular flexibility index (Phi) is 5.20. The average Bonchev–Trinajstić information content (AvgIpc) is 2.45. The van der Waals surface area contributed by atoms with Crippen LogP contribution in [-0.2, 0) is 4.79 Å². The first-order valence-corrected chi connectivity index (χ1v) is 6.96. The van der Waals surface area contributed by atoms with E-state index in [0.717, 1.165) is 5.56 Å². The van der Waals surface area contributed by atoms with Crippen molar-refractivity contribution in [3.63, 3.8) is 0 Å². The highest BCUT2D eigenvalue weighted by Crippen LogP contribution is 2.18. The number of carbonyl (C=O) groups is 1. The molecule has 3 N–H and O–H groups in total. The van der Waals surface area contributed by atoms with E-state index in [1.807, 2.05) is 25.1 Å². The van der Waals surface area contributed by atoms with E-state index in [2.05, 4.69) is 5.32 Å². The lowest BCUT2D eigenvalue weighted by molar-refractivity contribution is -0.118. The molecule has 0 spiro atoms. The van der Waals surface area contributed by atoms with Crippen molar-refractivity contribution in [1.82, 2.24) is 0 Å². The number of ether oxygens (including phenoxy) is 1. The van der Waals surface area contributed by atoms with E-state index in [-0.39, 0.29) is 18.6 Å². The molecule has 1 amide bonds. The molecule has 2 aromatic carbocycles. The lowest BCUT2D eigenvalue weighted by Crippen LogP contribution is -2.20. The third kappa shape index (κ3) is 4.77. The SMILES string of the molecule is C[C@@H](N)c1cccc(OCC(=O)Nc2cccc(Cl)c2)c1. The maximum absolute atomic E-state index is 11.8. The van der Waals surface area contributed by atoms with Crippen LogP contribution in [-0.4, -0.2) is 12.5 Å². The molecule has 0 heterocycles. The summed E-state index contributed by atoms with van der Waals surface area (Å²) in [6, 6.07) is 14.3. The third-order valence-electron chi connectivity index (χ3n) is 2.86. The molecule has 1 atom stereocenters. The van der Waals surface area contributed by atoms with Crippen LogP contribution in [0.1, 0.15) is 18.5 Å². The van der Waals surface area contributed by atoms with Gasteiger partial charge >= 0.3 is 0 Å². The second kappa shape index (κ2) is 7.11. The van der Waals surface area contributed by atoms with Crippen molar-refractivity contribution in [3.8, 4) is 5.75 Å². The zero-order valence-electron chi connectivity index (χ0n) is 11.7. The largest absolute Gasteiger partial charge is 0.484 e. The van der Waals surface area contributed by atoms with Gasteiger partial charge < -0.3 is 15.8 Å². The molecule has 0 saturated carbocycles. The van der Waals surface area contributed by atoms with E-state index in [0.29, 0.717) is 16.5 Å². The van der Waals surface area contributed by atoms with Crippen molar-refractivity contribution in [2.75, 3.05) is 11.9 Å². The molecule has 0 unspecified atom stereocenters. The van der Waals surface area contributed by atoms with Crippen LogP contribution in [0.15, 0.2) is 48.5 Å². The lowest BCUT2D eigenvalue weighted by Gasteiger charge is -2.10. The fraction of sp³-hybridized carbons (Fsp3) is 0.188. The molecule has 21 heavy (non-hydrogen) atoms. The first kappa shape index (κ1) is 15.4. The highest BCUT2D eigenvalue weighted by atomic mass is 35.5. The molecular formula is C16H17ClN2O2. The minimum Gasteiger partial charge on any atom is -0.484 e. The standard InChI is InChI=1S/C16H17ClN2O2/c1-11(18)12-4-2-7-15(8-12)21-10-16(20)19-14-6-3-5-13(17)9-14/h2-9,11H,10,18H2,1H3,(H,19,20)/t11-/m1/s1. The van der Waals surface area contributed by atoms with Crippen LogP contribution in [0.4, 0.5) is 5.69 Å². The van der Waals surface area contributed by atoms with Crippen molar-refractivity contribution in [1.29, 1.82) is 0 Å². The molecule has 110 valence electrons. The summed E-state index contributed by atoms with van der Waals surface area (Å²) < 4.78 is 5.46. The summed E-state index contributed by atoms with van der Waals surface area (Å²) in [5.74, 6) is 0.370. The number of anilines is 1. The van der Waals surface area contributed by atoms with Crippen LogP contribution in [0.25, 0.3) is 0 Å². The molecule has 0 saturated heterocycles. The Labute approximate surface area is 128 Å². The molecule has 2 rings (SSSR count). The number of rotatable bonds is 5. The van der Waals surface area contributed by atoms with Crippen molar-refractivity contribution >= 4 is 23.2 Å². The number of benzene rings is 2. The molecule has 0 aliphatic rings.